The zero-order valence-corrected chi connectivity index (χ0v) is 25.8. The van der Waals surface area contributed by atoms with E-state index in [-0.39, 0.29) is 11.9 Å². The summed E-state index contributed by atoms with van der Waals surface area (Å²) >= 11 is 0. The van der Waals surface area contributed by atoms with Gasteiger partial charge in [-0.05, 0) is 79.9 Å². The van der Waals surface area contributed by atoms with Gasteiger partial charge in [-0.2, -0.15) is 0 Å². The lowest BCUT2D eigenvalue weighted by atomic mass is 9.78. The molecular weight excluding hydrogens is 550 g/mol. The van der Waals surface area contributed by atoms with Crippen LogP contribution in [0.5, 0.6) is 5.75 Å². The molecule has 1 aliphatic heterocycles. The first-order valence-corrected chi connectivity index (χ1v) is 15.4. The second-order valence-electron chi connectivity index (χ2n) is 11.7. The van der Waals surface area contributed by atoms with E-state index >= 15 is 0 Å². The molecule has 3 aromatic carbocycles. The molecule has 1 atom stereocenters. The summed E-state index contributed by atoms with van der Waals surface area (Å²) in [5.74, 6) is 1.48. The number of fused-ring (bicyclic) bond motifs is 3. The Balaban J connectivity index is 1.10. The van der Waals surface area contributed by atoms with Crippen molar-refractivity contribution in [2.24, 2.45) is 0 Å². The average molecular weight is 592 g/mol. The van der Waals surface area contributed by atoms with Crippen LogP contribution in [0.25, 0.3) is 11.3 Å². The highest BCUT2D eigenvalue weighted by molar-refractivity contribution is 6.00. The number of piperazine rings is 1. The third-order valence-electron chi connectivity index (χ3n) is 8.59. The van der Waals surface area contributed by atoms with Crippen LogP contribution in [0.15, 0.2) is 72.9 Å². The van der Waals surface area contributed by atoms with E-state index in [1.165, 1.54) is 11.1 Å². The Labute approximate surface area is 259 Å². The molecule has 1 aliphatic carbocycles. The summed E-state index contributed by atoms with van der Waals surface area (Å²) in [6.45, 7) is 8.50. The number of hydrogen-bond acceptors (Lipinski definition) is 7. The fraction of sp³-hybridized carbons (Fsp3) is 0.343. The van der Waals surface area contributed by atoms with Crippen molar-refractivity contribution in [2.45, 2.75) is 25.7 Å². The molecule has 4 aromatic rings. The highest BCUT2D eigenvalue weighted by atomic mass is 16.5. The molecule has 2 heterocycles. The van der Waals surface area contributed by atoms with Gasteiger partial charge in [-0.15, -0.1) is 0 Å². The molecule has 9 heteroatoms. The molecule has 0 spiro atoms. The fourth-order valence-electron chi connectivity index (χ4n) is 6.08. The number of likely N-dealkylation sites (N-methyl/N-ethyl adjacent to an activating group) is 1. The van der Waals surface area contributed by atoms with Crippen LogP contribution in [0.2, 0.25) is 0 Å². The molecule has 0 saturated carbocycles. The number of nitrogens with one attached hydrogen (secondary N) is 3. The number of rotatable bonds is 9. The van der Waals surface area contributed by atoms with E-state index in [2.05, 4.69) is 74.2 Å². The molecule has 1 aromatic heterocycles. The number of ether oxygens (including phenoxy) is 1. The molecule has 2 amide bonds. The summed E-state index contributed by atoms with van der Waals surface area (Å²) in [6, 6.07) is 21.9. The first kappa shape index (κ1) is 29.6. The molecule has 228 valence electrons. The summed E-state index contributed by atoms with van der Waals surface area (Å²) in [5, 5.41) is 9.27. The Morgan fingerprint density at radius 2 is 1.80 bits per heavy atom. The number of carbonyl (C=O) groups excluding carboxylic acids is 1. The quantitative estimate of drug-likeness (QED) is 0.211. The van der Waals surface area contributed by atoms with Gasteiger partial charge in [-0.3, -0.25) is 0 Å². The summed E-state index contributed by atoms with van der Waals surface area (Å²) < 4.78 is 5.41. The van der Waals surface area contributed by atoms with Crippen molar-refractivity contribution in [2.75, 3.05) is 69.4 Å². The fourth-order valence-corrected chi connectivity index (χ4v) is 6.08. The van der Waals surface area contributed by atoms with Crippen molar-refractivity contribution in [3.05, 3.63) is 95.2 Å². The standard InChI is InChI=1S/C35H41N7O2/c1-24-9-14-31(32(21-24)44-3)39-35(43)38-27-12-10-25(11-13-27)30-22-26-23-37-34(40-33(26)29-8-5-4-7-28(29)30)36-15-6-16-42-19-17-41(2)18-20-42/h4-5,7-14,21,23,30H,6,15-20,22H2,1-3H3,(H,36,37,40)(H2,38,39,43). The number of amides is 2. The normalized spacial score (nSPS) is 16.5. The molecule has 44 heavy (non-hydrogen) atoms. The van der Waals surface area contributed by atoms with Gasteiger partial charge in [0.15, 0.2) is 0 Å². The number of aryl methyl sites for hydroxylation is 1. The highest BCUT2D eigenvalue weighted by Crippen LogP contribution is 2.42. The number of nitrogens with zero attached hydrogens (tertiary/aromatic N) is 4. The van der Waals surface area contributed by atoms with Crippen molar-refractivity contribution < 1.29 is 9.53 Å². The second-order valence-corrected chi connectivity index (χ2v) is 11.7. The zero-order valence-electron chi connectivity index (χ0n) is 25.8. The molecule has 0 radical (unpaired) electrons. The summed E-state index contributed by atoms with van der Waals surface area (Å²) in [7, 11) is 3.78. The third-order valence-corrected chi connectivity index (χ3v) is 8.59. The molecule has 1 saturated heterocycles. The Morgan fingerprint density at radius 1 is 1.00 bits per heavy atom. The SMILES string of the molecule is COc1cc(C)ccc1NC(=O)Nc1ccc(C2Cc3cnc(NCCCN4CCN(C)CC4)nc3-c3ccccc32)cc1. The summed E-state index contributed by atoms with van der Waals surface area (Å²) in [6.07, 6.45) is 3.86. The monoisotopic (exact) mass is 591 g/mol. The lowest BCUT2D eigenvalue weighted by molar-refractivity contribution is 0.154. The molecular formula is C35H41N7O2. The van der Waals surface area contributed by atoms with E-state index in [4.69, 9.17) is 9.72 Å². The second kappa shape index (κ2) is 13.4. The van der Waals surface area contributed by atoms with Gasteiger partial charge >= 0.3 is 6.03 Å². The topological polar surface area (TPSA) is 94.6 Å². The Kier molecular flexibility index (Phi) is 9.04. The molecule has 6 rings (SSSR count). The zero-order chi connectivity index (χ0) is 30.5. The lowest BCUT2D eigenvalue weighted by Crippen LogP contribution is -2.44. The first-order valence-electron chi connectivity index (χ1n) is 15.4. The third kappa shape index (κ3) is 6.85. The van der Waals surface area contributed by atoms with Crippen LogP contribution >= 0.6 is 0 Å². The van der Waals surface area contributed by atoms with Crippen LogP contribution in [0, 0.1) is 6.92 Å². The van der Waals surface area contributed by atoms with Gasteiger partial charge in [0.25, 0.3) is 0 Å². The molecule has 0 bridgehead atoms. The predicted octanol–water partition coefficient (Wildman–Crippen LogP) is 5.84. The van der Waals surface area contributed by atoms with Gasteiger partial charge in [-0.25, -0.2) is 14.8 Å². The smallest absolute Gasteiger partial charge is 0.323 e. The van der Waals surface area contributed by atoms with Gasteiger partial charge in [0, 0.05) is 56.1 Å². The van der Waals surface area contributed by atoms with Gasteiger partial charge < -0.3 is 30.5 Å². The Hall–Kier alpha value is -4.47. The van der Waals surface area contributed by atoms with E-state index in [1.54, 1.807) is 7.11 Å². The van der Waals surface area contributed by atoms with Gasteiger partial charge in [0.1, 0.15) is 5.75 Å². The molecule has 9 nitrogen and oxygen atoms in total. The van der Waals surface area contributed by atoms with E-state index < -0.39 is 0 Å². The van der Waals surface area contributed by atoms with Crippen LogP contribution in [-0.2, 0) is 6.42 Å². The number of aromatic nitrogens is 2. The van der Waals surface area contributed by atoms with Crippen molar-refractivity contribution in [1.82, 2.24) is 19.8 Å². The largest absolute Gasteiger partial charge is 0.495 e. The molecule has 2 aliphatic rings. The van der Waals surface area contributed by atoms with Crippen LogP contribution in [0.4, 0.5) is 22.1 Å². The van der Waals surface area contributed by atoms with E-state index in [0.29, 0.717) is 23.1 Å². The van der Waals surface area contributed by atoms with Crippen molar-refractivity contribution in [3.8, 4) is 17.0 Å². The number of urea groups is 1. The van der Waals surface area contributed by atoms with Crippen LogP contribution in [0.1, 0.15) is 34.6 Å². The van der Waals surface area contributed by atoms with Crippen molar-refractivity contribution in [3.63, 3.8) is 0 Å². The van der Waals surface area contributed by atoms with Gasteiger partial charge in [0.05, 0.1) is 18.5 Å². The molecule has 1 unspecified atom stereocenters. The summed E-state index contributed by atoms with van der Waals surface area (Å²) in [5.41, 5.74) is 8.14. The number of carbonyl (C=O) groups is 1. The molecule has 3 N–H and O–H groups in total. The maximum absolute atomic E-state index is 12.7. The predicted molar refractivity (Wildman–Crippen MR) is 177 cm³/mol. The summed E-state index contributed by atoms with van der Waals surface area (Å²) in [4.78, 5) is 27.3. The van der Waals surface area contributed by atoms with Crippen molar-refractivity contribution in [1.29, 1.82) is 0 Å². The van der Waals surface area contributed by atoms with Crippen molar-refractivity contribution >= 4 is 23.4 Å². The Morgan fingerprint density at radius 3 is 2.59 bits per heavy atom. The van der Waals surface area contributed by atoms with Gasteiger partial charge in [0.2, 0.25) is 5.95 Å². The van der Waals surface area contributed by atoms with Gasteiger partial charge in [-0.1, -0.05) is 42.5 Å². The highest BCUT2D eigenvalue weighted by Gasteiger charge is 2.27. The first-order chi connectivity index (χ1) is 21.5. The lowest BCUT2D eigenvalue weighted by Gasteiger charge is -2.32. The molecule has 1 fully saturated rings. The van der Waals surface area contributed by atoms with Crippen LogP contribution in [-0.4, -0.2) is 79.2 Å². The Bertz CT molecular complexity index is 1600. The van der Waals surface area contributed by atoms with E-state index in [0.717, 1.165) is 74.5 Å². The van der Waals surface area contributed by atoms with E-state index in [9.17, 15) is 4.79 Å². The number of hydrogen-bond donors (Lipinski definition) is 3. The maximum Gasteiger partial charge on any atom is 0.323 e. The number of methoxy groups -OCH3 is 1. The minimum absolute atomic E-state index is 0.171. The van der Waals surface area contributed by atoms with Crippen LogP contribution < -0.4 is 20.7 Å². The van der Waals surface area contributed by atoms with E-state index in [1.807, 2.05) is 43.5 Å². The minimum atomic E-state index is -0.322. The van der Waals surface area contributed by atoms with Crippen LogP contribution in [0.3, 0.4) is 0 Å². The number of benzene rings is 3. The minimum Gasteiger partial charge on any atom is -0.495 e. The number of anilines is 3. The average Bonchev–Trinajstić information content (AvgIpc) is 3.05. The maximum atomic E-state index is 12.7.